The first-order valence-corrected chi connectivity index (χ1v) is 15.2. The Kier molecular flexibility index (Phi) is 8.48. The molecule has 4 rings (SSSR count). The number of nitrogens with zero attached hydrogens (tertiary/aromatic N) is 1. The van der Waals surface area contributed by atoms with E-state index < -0.39 is 26.0 Å². The first-order chi connectivity index (χ1) is 18.5. The Labute approximate surface area is 229 Å². The predicted octanol–water partition coefficient (Wildman–Crippen LogP) is 4.18. The zero-order chi connectivity index (χ0) is 28.2. The number of ether oxygens (including phenoxy) is 2. The van der Waals surface area contributed by atoms with Gasteiger partial charge in [-0.1, -0.05) is 6.92 Å². The van der Waals surface area contributed by atoms with Crippen molar-refractivity contribution in [3.63, 3.8) is 0 Å². The van der Waals surface area contributed by atoms with E-state index in [-0.39, 0.29) is 26.8 Å². The lowest BCUT2D eigenvalue weighted by molar-refractivity contribution is 0.102. The monoisotopic (exact) mass is 573 g/mol. The molecule has 1 aliphatic rings. The van der Waals surface area contributed by atoms with Gasteiger partial charge in [0.15, 0.2) is 0 Å². The van der Waals surface area contributed by atoms with Crippen LogP contribution in [-0.4, -0.2) is 54.4 Å². The minimum atomic E-state index is -4.07. The van der Waals surface area contributed by atoms with Gasteiger partial charge in [0.25, 0.3) is 15.9 Å². The highest BCUT2D eigenvalue weighted by Gasteiger charge is 2.28. The summed E-state index contributed by atoms with van der Waals surface area (Å²) in [5.41, 5.74) is 0.759. The van der Waals surface area contributed by atoms with E-state index in [2.05, 4.69) is 17.0 Å². The highest BCUT2D eigenvalue weighted by Crippen LogP contribution is 2.30. The van der Waals surface area contributed by atoms with Gasteiger partial charge in [0.1, 0.15) is 16.4 Å². The number of hydrogen-bond donors (Lipinski definition) is 2. The molecule has 3 aromatic carbocycles. The fourth-order valence-corrected chi connectivity index (χ4v) is 6.91. The third-order valence-corrected chi connectivity index (χ3v) is 9.87. The molecule has 0 radical (unpaired) electrons. The average molecular weight is 574 g/mol. The fourth-order valence-electron chi connectivity index (χ4n) is 4.19. The molecule has 0 spiro atoms. The lowest BCUT2D eigenvalue weighted by Crippen LogP contribution is -2.37. The maximum absolute atomic E-state index is 13.1. The summed E-state index contributed by atoms with van der Waals surface area (Å²) in [5.74, 6) is 0.638. The Hall–Kier alpha value is -3.61. The number of sulfonamides is 2. The van der Waals surface area contributed by atoms with Crippen molar-refractivity contribution in [1.82, 2.24) is 4.31 Å². The number of amides is 1. The molecule has 0 aliphatic carbocycles. The van der Waals surface area contributed by atoms with Gasteiger partial charge in [-0.3, -0.25) is 9.52 Å². The van der Waals surface area contributed by atoms with Gasteiger partial charge in [0.2, 0.25) is 10.0 Å². The summed E-state index contributed by atoms with van der Waals surface area (Å²) >= 11 is 0. The number of rotatable bonds is 9. The normalized spacial score (nSPS) is 14.9. The van der Waals surface area contributed by atoms with Crippen LogP contribution in [0.5, 0.6) is 11.5 Å². The van der Waals surface area contributed by atoms with Crippen molar-refractivity contribution >= 4 is 37.3 Å². The molecule has 3 aromatic rings. The Morgan fingerprint density at radius 3 is 2.05 bits per heavy atom. The van der Waals surface area contributed by atoms with Gasteiger partial charge in [0, 0.05) is 30.0 Å². The molecule has 208 valence electrons. The third-order valence-electron chi connectivity index (χ3n) is 6.55. The summed E-state index contributed by atoms with van der Waals surface area (Å²) in [5, 5.41) is 2.66. The fraction of sp³-hybridized carbons (Fsp3) is 0.296. The van der Waals surface area contributed by atoms with Gasteiger partial charge in [0.05, 0.1) is 19.1 Å². The molecule has 0 unspecified atom stereocenters. The molecular weight excluding hydrogens is 542 g/mol. The van der Waals surface area contributed by atoms with Gasteiger partial charge in [-0.15, -0.1) is 0 Å². The second kappa shape index (κ2) is 11.6. The molecule has 1 heterocycles. The quantitative estimate of drug-likeness (QED) is 0.393. The van der Waals surface area contributed by atoms with Crippen molar-refractivity contribution in [1.29, 1.82) is 0 Å². The first-order valence-electron chi connectivity index (χ1n) is 12.3. The molecule has 39 heavy (non-hydrogen) atoms. The van der Waals surface area contributed by atoms with E-state index in [4.69, 9.17) is 9.47 Å². The molecule has 0 aromatic heterocycles. The van der Waals surface area contributed by atoms with Crippen molar-refractivity contribution in [3.8, 4) is 11.5 Å². The first kappa shape index (κ1) is 28.4. The highest BCUT2D eigenvalue weighted by atomic mass is 32.2. The number of methoxy groups -OCH3 is 2. The van der Waals surface area contributed by atoms with Gasteiger partial charge in [-0.05, 0) is 85.5 Å². The number of carbonyl (C=O) groups excluding carboxylic acids is 1. The van der Waals surface area contributed by atoms with Gasteiger partial charge >= 0.3 is 0 Å². The molecule has 10 nitrogen and oxygen atoms in total. The van der Waals surface area contributed by atoms with Crippen molar-refractivity contribution in [2.24, 2.45) is 5.92 Å². The molecule has 0 saturated carbocycles. The average Bonchev–Trinajstić information content (AvgIpc) is 2.93. The standard InChI is InChI=1S/C27H31N3O7S2/c1-19-14-16-30(17-15-19)39(34,35)24-11-4-20(5-12-24)27(31)28-22-8-13-25(37-3)26(18-22)38(32,33)29-21-6-9-23(36-2)10-7-21/h4-13,18-19,29H,14-17H2,1-3H3,(H,28,31). The summed E-state index contributed by atoms with van der Waals surface area (Å²) in [6.07, 6.45) is 1.63. The molecular formula is C27H31N3O7S2. The largest absolute Gasteiger partial charge is 0.497 e. The van der Waals surface area contributed by atoms with Crippen LogP contribution in [0, 0.1) is 5.92 Å². The number of nitrogens with one attached hydrogen (secondary N) is 2. The van der Waals surface area contributed by atoms with Crippen molar-refractivity contribution in [3.05, 3.63) is 72.3 Å². The van der Waals surface area contributed by atoms with Crippen LogP contribution in [0.25, 0.3) is 0 Å². The van der Waals surface area contributed by atoms with E-state index in [9.17, 15) is 21.6 Å². The van der Waals surface area contributed by atoms with Crippen molar-refractivity contribution in [2.45, 2.75) is 29.6 Å². The topological polar surface area (TPSA) is 131 Å². The van der Waals surface area contributed by atoms with E-state index in [0.717, 1.165) is 12.8 Å². The minimum absolute atomic E-state index is 0.0932. The molecule has 0 bridgehead atoms. The summed E-state index contributed by atoms with van der Waals surface area (Å²) in [7, 11) is -4.86. The summed E-state index contributed by atoms with van der Waals surface area (Å²) in [6.45, 7) is 3.06. The van der Waals surface area contributed by atoms with Crippen molar-refractivity contribution < 1.29 is 31.1 Å². The summed E-state index contributed by atoms with van der Waals surface area (Å²) in [6, 6.07) is 16.3. The van der Waals surface area contributed by atoms with Crippen molar-refractivity contribution in [2.75, 3.05) is 37.3 Å². The number of benzene rings is 3. The zero-order valence-electron chi connectivity index (χ0n) is 21.9. The Morgan fingerprint density at radius 2 is 1.46 bits per heavy atom. The summed E-state index contributed by atoms with van der Waals surface area (Å²) < 4.78 is 66.5. The second-order valence-electron chi connectivity index (χ2n) is 9.26. The maximum atomic E-state index is 13.1. The molecule has 0 atom stereocenters. The second-order valence-corrected chi connectivity index (χ2v) is 12.9. The molecule has 1 saturated heterocycles. The van der Waals surface area contributed by atoms with E-state index in [0.29, 0.717) is 30.4 Å². The van der Waals surface area contributed by atoms with Gasteiger partial charge < -0.3 is 14.8 Å². The van der Waals surface area contributed by atoms with Crippen LogP contribution >= 0.6 is 0 Å². The highest BCUT2D eigenvalue weighted by molar-refractivity contribution is 7.92. The zero-order valence-corrected chi connectivity index (χ0v) is 23.5. The summed E-state index contributed by atoms with van der Waals surface area (Å²) in [4.78, 5) is 12.9. The number of anilines is 2. The SMILES string of the molecule is COc1ccc(NS(=O)(=O)c2cc(NC(=O)c3ccc(S(=O)(=O)N4CCC(C)CC4)cc3)ccc2OC)cc1. The van der Waals surface area contributed by atoms with Crippen LogP contribution in [0.15, 0.2) is 76.5 Å². The van der Waals surface area contributed by atoms with E-state index >= 15 is 0 Å². The van der Waals surface area contributed by atoms with Gasteiger partial charge in [-0.25, -0.2) is 16.8 Å². The van der Waals surface area contributed by atoms with Gasteiger partial charge in [-0.2, -0.15) is 4.31 Å². The Balaban J connectivity index is 1.50. The Bertz CT molecular complexity index is 1530. The number of piperidine rings is 1. The lowest BCUT2D eigenvalue weighted by atomic mass is 10.0. The molecule has 12 heteroatoms. The maximum Gasteiger partial charge on any atom is 0.265 e. The van der Waals surface area contributed by atoms with Crippen LogP contribution in [0.1, 0.15) is 30.1 Å². The van der Waals surface area contributed by atoms with Crippen LogP contribution < -0.4 is 19.5 Å². The van der Waals surface area contributed by atoms with Crippen LogP contribution in [-0.2, 0) is 20.0 Å². The number of carbonyl (C=O) groups is 1. The molecule has 2 N–H and O–H groups in total. The molecule has 1 aliphatic heterocycles. The molecule has 1 amide bonds. The minimum Gasteiger partial charge on any atom is -0.497 e. The van der Waals surface area contributed by atoms with Crippen LogP contribution in [0.4, 0.5) is 11.4 Å². The van der Waals surface area contributed by atoms with Crippen LogP contribution in [0.3, 0.4) is 0 Å². The predicted molar refractivity (Wildman–Crippen MR) is 148 cm³/mol. The molecule has 1 fully saturated rings. The smallest absolute Gasteiger partial charge is 0.265 e. The van der Waals surface area contributed by atoms with E-state index in [1.54, 1.807) is 24.3 Å². The van der Waals surface area contributed by atoms with Crippen LogP contribution in [0.2, 0.25) is 0 Å². The Morgan fingerprint density at radius 1 is 0.846 bits per heavy atom. The third kappa shape index (κ3) is 6.52. The van der Waals surface area contributed by atoms with E-state index in [1.807, 2.05) is 0 Å². The number of hydrogen-bond acceptors (Lipinski definition) is 7. The lowest BCUT2D eigenvalue weighted by Gasteiger charge is -2.29. The van der Waals surface area contributed by atoms with E-state index in [1.165, 1.54) is 61.0 Å².